The second-order valence-corrected chi connectivity index (χ2v) is 4.46. The minimum Gasteiger partial charge on any atom is -0.394 e. The first kappa shape index (κ1) is 12.4. The van der Waals surface area contributed by atoms with E-state index in [4.69, 9.17) is 14.9 Å². The van der Waals surface area contributed by atoms with Crippen molar-refractivity contribution in [3.8, 4) is 0 Å². The van der Waals surface area contributed by atoms with Crippen molar-refractivity contribution in [2.75, 3.05) is 24.7 Å². The first-order chi connectivity index (χ1) is 8.24. The lowest BCUT2D eigenvalue weighted by atomic mass is 10.1. The first-order valence-electron chi connectivity index (χ1n) is 5.93. The standard InChI is InChI=1S/C13H19NO3/c1-10-9-17-13(8-16)6-14(10)12-4-2-11(7-15)3-5-12/h2-5,10,13,15-16H,6-9H2,1H3. The predicted octanol–water partition coefficient (Wildman–Crippen LogP) is 0.765. The van der Waals surface area contributed by atoms with E-state index in [2.05, 4.69) is 11.8 Å². The normalized spacial score (nSPS) is 25.0. The molecule has 2 atom stereocenters. The highest BCUT2D eigenvalue weighted by atomic mass is 16.5. The van der Waals surface area contributed by atoms with Crippen molar-refractivity contribution in [1.29, 1.82) is 0 Å². The fraction of sp³-hybridized carbons (Fsp3) is 0.538. The number of benzene rings is 1. The number of hydrogen-bond donors (Lipinski definition) is 2. The lowest BCUT2D eigenvalue weighted by Crippen LogP contribution is -2.49. The zero-order valence-corrected chi connectivity index (χ0v) is 10.0. The Morgan fingerprint density at radius 3 is 2.59 bits per heavy atom. The van der Waals surface area contributed by atoms with E-state index in [0.717, 1.165) is 11.3 Å². The molecule has 17 heavy (non-hydrogen) atoms. The Balaban J connectivity index is 2.12. The van der Waals surface area contributed by atoms with Crippen LogP contribution in [0.5, 0.6) is 0 Å². The van der Waals surface area contributed by atoms with E-state index in [-0.39, 0.29) is 19.3 Å². The molecule has 1 aliphatic heterocycles. The summed E-state index contributed by atoms with van der Waals surface area (Å²) in [6.45, 7) is 3.56. The van der Waals surface area contributed by atoms with E-state index < -0.39 is 0 Å². The van der Waals surface area contributed by atoms with E-state index in [0.29, 0.717) is 19.2 Å². The summed E-state index contributed by atoms with van der Waals surface area (Å²) in [4.78, 5) is 2.23. The molecule has 0 saturated carbocycles. The number of nitrogens with zero attached hydrogens (tertiary/aromatic N) is 1. The first-order valence-corrected chi connectivity index (χ1v) is 5.93. The summed E-state index contributed by atoms with van der Waals surface area (Å²) in [7, 11) is 0. The Kier molecular flexibility index (Phi) is 3.99. The molecule has 0 amide bonds. The number of rotatable bonds is 3. The maximum Gasteiger partial charge on any atom is 0.0981 e. The van der Waals surface area contributed by atoms with Crippen LogP contribution in [0.25, 0.3) is 0 Å². The van der Waals surface area contributed by atoms with Crippen LogP contribution in [0.2, 0.25) is 0 Å². The molecule has 0 aliphatic carbocycles. The van der Waals surface area contributed by atoms with Crippen LogP contribution in [-0.4, -0.2) is 42.1 Å². The maximum absolute atomic E-state index is 9.14. The third-order valence-corrected chi connectivity index (χ3v) is 3.16. The lowest BCUT2D eigenvalue weighted by molar-refractivity contribution is -0.0103. The number of anilines is 1. The highest BCUT2D eigenvalue weighted by Gasteiger charge is 2.25. The molecule has 1 aliphatic rings. The van der Waals surface area contributed by atoms with Crippen LogP contribution in [0.4, 0.5) is 5.69 Å². The molecule has 2 rings (SSSR count). The van der Waals surface area contributed by atoms with Gasteiger partial charge in [0.15, 0.2) is 0 Å². The van der Waals surface area contributed by atoms with Crippen molar-refractivity contribution in [1.82, 2.24) is 0 Å². The van der Waals surface area contributed by atoms with Crippen LogP contribution in [0.15, 0.2) is 24.3 Å². The molecule has 4 nitrogen and oxygen atoms in total. The van der Waals surface area contributed by atoms with Crippen LogP contribution in [0.1, 0.15) is 12.5 Å². The van der Waals surface area contributed by atoms with Crippen molar-refractivity contribution >= 4 is 5.69 Å². The highest BCUT2D eigenvalue weighted by molar-refractivity contribution is 5.49. The fourth-order valence-electron chi connectivity index (χ4n) is 2.08. The second-order valence-electron chi connectivity index (χ2n) is 4.46. The van der Waals surface area contributed by atoms with Crippen molar-refractivity contribution in [3.05, 3.63) is 29.8 Å². The molecule has 1 saturated heterocycles. The maximum atomic E-state index is 9.14. The van der Waals surface area contributed by atoms with Gasteiger partial charge in [0, 0.05) is 18.3 Å². The van der Waals surface area contributed by atoms with Crippen molar-refractivity contribution in [2.45, 2.75) is 25.7 Å². The topological polar surface area (TPSA) is 52.9 Å². The molecular formula is C13H19NO3. The highest BCUT2D eigenvalue weighted by Crippen LogP contribution is 2.22. The molecule has 1 aromatic rings. The zero-order chi connectivity index (χ0) is 12.3. The lowest BCUT2D eigenvalue weighted by Gasteiger charge is -2.39. The molecule has 4 heteroatoms. The Morgan fingerprint density at radius 2 is 2.00 bits per heavy atom. The van der Waals surface area contributed by atoms with Crippen LogP contribution < -0.4 is 4.90 Å². The number of aliphatic hydroxyl groups is 2. The van der Waals surface area contributed by atoms with Crippen LogP contribution in [0, 0.1) is 0 Å². The summed E-state index contributed by atoms with van der Waals surface area (Å²) in [6.07, 6.45) is -0.108. The molecule has 0 aromatic heterocycles. The van der Waals surface area contributed by atoms with E-state index in [9.17, 15) is 0 Å². The third-order valence-electron chi connectivity index (χ3n) is 3.16. The predicted molar refractivity (Wildman–Crippen MR) is 66.0 cm³/mol. The van der Waals surface area contributed by atoms with Gasteiger partial charge in [-0.15, -0.1) is 0 Å². The summed E-state index contributed by atoms with van der Waals surface area (Å²) in [5.74, 6) is 0. The second kappa shape index (κ2) is 5.49. The van der Waals surface area contributed by atoms with Gasteiger partial charge < -0.3 is 19.8 Å². The Labute approximate surface area is 101 Å². The molecular weight excluding hydrogens is 218 g/mol. The summed E-state index contributed by atoms with van der Waals surface area (Å²) in [5, 5.41) is 18.1. The number of aliphatic hydroxyl groups excluding tert-OH is 2. The smallest absolute Gasteiger partial charge is 0.0981 e. The largest absolute Gasteiger partial charge is 0.394 e. The average Bonchev–Trinajstić information content (AvgIpc) is 2.39. The van der Waals surface area contributed by atoms with Crippen LogP contribution in [0.3, 0.4) is 0 Å². The molecule has 2 N–H and O–H groups in total. The SMILES string of the molecule is CC1COC(CO)CN1c1ccc(CO)cc1. The monoisotopic (exact) mass is 237 g/mol. The van der Waals surface area contributed by atoms with Gasteiger partial charge in [0.1, 0.15) is 0 Å². The van der Waals surface area contributed by atoms with Crippen molar-refractivity contribution in [2.24, 2.45) is 0 Å². The molecule has 94 valence electrons. The van der Waals surface area contributed by atoms with Gasteiger partial charge in [-0.25, -0.2) is 0 Å². The minimum atomic E-state index is -0.108. The zero-order valence-electron chi connectivity index (χ0n) is 10.0. The number of morpholine rings is 1. The minimum absolute atomic E-state index is 0.0535. The number of ether oxygens (including phenoxy) is 1. The van der Waals surface area contributed by atoms with Crippen molar-refractivity contribution < 1.29 is 14.9 Å². The van der Waals surface area contributed by atoms with Gasteiger partial charge in [0.2, 0.25) is 0 Å². The number of hydrogen-bond acceptors (Lipinski definition) is 4. The quantitative estimate of drug-likeness (QED) is 0.815. The van der Waals surface area contributed by atoms with E-state index in [1.165, 1.54) is 0 Å². The Hall–Kier alpha value is -1.10. The third kappa shape index (κ3) is 2.77. The van der Waals surface area contributed by atoms with Gasteiger partial charge >= 0.3 is 0 Å². The van der Waals surface area contributed by atoms with Crippen molar-refractivity contribution in [3.63, 3.8) is 0 Å². The van der Waals surface area contributed by atoms with E-state index >= 15 is 0 Å². The molecule has 0 spiro atoms. The van der Waals surface area contributed by atoms with E-state index in [1.807, 2.05) is 24.3 Å². The summed E-state index contributed by atoms with van der Waals surface area (Å²) in [6, 6.07) is 8.15. The molecule has 1 fully saturated rings. The summed E-state index contributed by atoms with van der Waals surface area (Å²) < 4.78 is 5.50. The Bertz CT molecular complexity index is 352. The van der Waals surface area contributed by atoms with Gasteiger partial charge in [-0.2, -0.15) is 0 Å². The fourth-order valence-corrected chi connectivity index (χ4v) is 2.08. The molecule has 1 heterocycles. The van der Waals surface area contributed by atoms with Gasteiger partial charge in [0.25, 0.3) is 0 Å². The van der Waals surface area contributed by atoms with Gasteiger partial charge in [-0.05, 0) is 24.6 Å². The van der Waals surface area contributed by atoms with E-state index in [1.54, 1.807) is 0 Å². The molecule has 1 aromatic carbocycles. The van der Waals surface area contributed by atoms with Gasteiger partial charge in [0.05, 0.1) is 25.9 Å². The summed E-state index contributed by atoms with van der Waals surface area (Å²) >= 11 is 0. The Morgan fingerprint density at radius 1 is 1.29 bits per heavy atom. The van der Waals surface area contributed by atoms with Gasteiger partial charge in [-0.3, -0.25) is 0 Å². The summed E-state index contributed by atoms with van der Waals surface area (Å²) in [5.41, 5.74) is 2.02. The van der Waals surface area contributed by atoms with Gasteiger partial charge in [-0.1, -0.05) is 12.1 Å². The molecule has 2 unspecified atom stereocenters. The van der Waals surface area contributed by atoms with Crippen LogP contribution >= 0.6 is 0 Å². The molecule has 0 radical (unpaired) electrons. The average molecular weight is 237 g/mol. The van der Waals surface area contributed by atoms with Crippen LogP contribution in [-0.2, 0) is 11.3 Å². The molecule has 0 bridgehead atoms.